The third-order valence-electron chi connectivity index (χ3n) is 4.71. The predicted molar refractivity (Wildman–Crippen MR) is 96.5 cm³/mol. The van der Waals surface area contributed by atoms with Crippen LogP contribution >= 0.6 is 0 Å². The lowest BCUT2D eigenvalue weighted by molar-refractivity contribution is 0.0654. The summed E-state index contributed by atoms with van der Waals surface area (Å²) in [5, 5.41) is 0. The summed E-state index contributed by atoms with van der Waals surface area (Å²) in [4.78, 5) is 23.7. The van der Waals surface area contributed by atoms with Crippen molar-refractivity contribution in [2.24, 2.45) is 0 Å². The molecule has 0 aliphatic carbocycles. The minimum Gasteiger partial charge on any atom is -0.497 e. The van der Waals surface area contributed by atoms with E-state index in [2.05, 4.69) is 16.9 Å². The Labute approximate surface area is 151 Å². The molecule has 1 aliphatic rings. The van der Waals surface area contributed by atoms with Crippen molar-refractivity contribution in [2.45, 2.75) is 19.5 Å². The molecular formula is C19H20N4O3. The van der Waals surface area contributed by atoms with E-state index in [0.717, 1.165) is 22.5 Å². The fourth-order valence-corrected chi connectivity index (χ4v) is 3.45. The van der Waals surface area contributed by atoms with Crippen LogP contribution in [0.5, 0.6) is 11.5 Å². The first-order valence-electron chi connectivity index (χ1n) is 8.45. The lowest BCUT2D eigenvalue weighted by atomic mass is 10.1. The van der Waals surface area contributed by atoms with Crippen LogP contribution in [0.4, 0.5) is 0 Å². The highest BCUT2D eigenvalue weighted by Gasteiger charge is 2.32. The highest BCUT2D eigenvalue weighted by molar-refractivity contribution is 5.95. The minimum atomic E-state index is -0.0982. The summed E-state index contributed by atoms with van der Waals surface area (Å²) < 4.78 is 12.6. The maximum absolute atomic E-state index is 13.0. The van der Waals surface area contributed by atoms with E-state index in [1.54, 1.807) is 25.3 Å². The van der Waals surface area contributed by atoms with Gasteiger partial charge in [-0.05, 0) is 31.2 Å². The summed E-state index contributed by atoms with van der Waals surface area (Å²) in [6, 6.07) is 9.42. The summed E-state index contributed by atoms with van der Waals surface area (Å²) in [5.41, 5.74) is 2.42. The van der Waals surface area contributed by atoms with Gasteiger partial charge in [-0.15, -0.1) is 0 Å². The zero-order chi connectivity index (χ0) is 18.3. The smallest absolute Gasteiger partial charge is 0.290 e. The molecule has 2 aromatic heterocycles. The summed E-state index contributed by atoms with van der Waals surface area (Å²) in [7, 11) is 3.23. The zero-order valence-corrected chi connectivity index (χ0v) is 15.0. The number of hydrogen-bond donors (Lipinski definition) is 0. The van der Waals surface area contributed by atoms with Gasteiger partial charge in [-0.1, -0.05) is 0 Å². The van der Waals surface area contributed by atoms with Crippen molar-refractivity contribution < 1.29 is 14.3 Å². The van der Waals surface area contributed by atoms with Gasteiger partial charge in [0.15, 0.2) is 5.65 Å². The van der Waals surface area contributed by atoms with E-state index in [9.17, 15) is 4.79 Å². The van der Waals surface area contributed by atoms with E-state index in [4.69, 9.17) is 9.47 Å². The number of ether oxygens (including phenoxy) is 2. The molecule has 0 radical (unpaired) electrons. The molecule has 0 unspecified atom stereocenters. The lowest BCUT2D eigenvalue weighted by Gasteiger charge is -2.32. The number of rotatable bonds is 4. The molecule has 0 spiro atoms. The van der Waals surface area contributed by atoms with Crippen molar-refractivity contribution in [1.82, 2.24) is 19.4 Å². The number of nitrogens with zero attached hydrogens (tertiary/aromatic N) is 4. The number of carbonyl (C=O) groups is 1. The number of hydrogen-bond acceptors (Lipinski definition) is 5. The number of amides is 1. The predicted octanol–water partition coefficient (Wildman–Crippen LogP) is 2.67. The molecule has 4 rings (SSSR count). The molecule has 1 aromatic carbocycles. The lowest BCUT2D eigenvalue weighted by Crippen LogP contribution is -2.42. The van der Waals surface area contributed by atoms with Crippen LogP contribution in [0, 0.1) is 0 Å². The van der Waals surface area contributed by atoms with E-state index in [1.807, 2.05) is 34.9 Å². The molecule has 0 fully saturated rings. The molecule has 1 aliphatic heterocycles. The number of pyridine rings is 1. The summed E-state index contributed by atoms with van der Waals surface area (Å²) in [6.45, 7) is 3.11. The highest BCUT2D eigenvalue weighted by Crippen LogP contribution is 2.30. The fraction of sp³-hybridized carbons (Fsp3) is 0.316. The van der Waals surface area contributed by atoms with Crippen LogP contribution in [-0.2, 0) is 6.54 Å². The van der Waals surface area contributed by atoms with E-state index in [0.29, 0.717) is 24.7 Å². The fourth-order valence-electron chi connectivity index (χ4n) is 3.45. The molecule has 3 heterocycles. The quantitative estimate of drug-likeness (QED) is 0.722. The Balaban J connectivity index is 1.69. The van der Waals surface area contributed by atoms with Gasteiger partial charge in [-0.2, -0.15) is 0 Å². The zero-order valence-electron chi connectivity index (χ0n) is 15.0. The van der Waals surface area contributed by atoms with Crippen LogP contribution in [0.25, 0.3) is 11.2 Å². The third-order valence-corrected chi connectivity index (χ3v) is 4.71. The van der Waals surface area contributed by atoms with Crippen molar-refractivity contribution in [3.05, 3.63) is 47.9 Å². The van der Waals surface area contributed by atoms with E-state index in [1.165, 1.54) is 0 Å². The van der Waals surface area contributed by atoms with Gasteiger partial charge in [-0.25, -0.2) is 9.97 Å². The van der Waals surface area contributed by atoms with Crippen molar-refractivity contribution in [3.63, 3.8) is 0 Å². The molecule has 134 valence electrons. The molecule has 7 heteroatoms. The number of fused-ring (bicyclic) bond motifs is 3. The maximum Gasteiger partial charge on any atom is 0.290 e. The van der Waals surface area contributed by atoms with Gasteiger partial charge >= 0.3 is 0 Å². The van der Waals surface area contributed by atoms with Gasteiger partial charge in [0.2, 0.25) is 5.82 Å². The Morgan fingerprint density at radius 3 is 2.85 bits per heavy atom. The molecule has 26 heavy (non-hydrogen) atoms. The second-order valence-corrected chi connectivity index (χ2v) is 6.36. The molecule has 0 bridgehead atoms. The van der Waals surface area contributed by atoms with Crippen molar-refractivity contribution in [2.75, 3.05) is 20.8 Å². The largest absolute Gasteiger partial charge is 0.497 e. The second kappa shape index (κ2) is 6.33. The van der Waals surface area contributed by atoms with Crippen LogP contribution in [0.1, 0.15) is 29.1 Å². The van der Waals surface area contributed by atoms with Gasteiger partial charge < -0.3 is 14.4 Å². The maximum atomic E-state index is 13.0. The van der Waals surface area contributed by atoms with Gasteiger partial charge in [-0.3, -0.25) is 9.36 Å². The monoisotopic (exact) mass is 352 g/mol. The Morgan fingerprint density at radius 1 is 1.23 bits per heavy atom. The SMILES string of the molecule is COc1ccc(CN2C[C@H](C)n3c(nc4cccnc43)C2=O)c(OC)c1. The minimum absolute atomic E-state index is 0.0897. The van der Waals surface area contributed by atoms with Crippen LogP contribution in [0.15, 0.2) is 36.5 Å². The third kappa shape index (κ3) is 2.56. The van der Waals surface area contributed by atoms with Crippen molar-refractivity contribution in [1.29, 1.82) is 0 Å². The second-order valence-electron chi connectivity index (χ2n) is 6.36. The molecule has 0 N–H and O–H groups in total. The molecule has 0 saturated heterocycles. The van der Waals surface area contributed by atoms with E-state index in [-0.39, 0.29) is 11.9 Å². The van der Waals surface area contributed by atoms with Gasteiger partial charge in [0, 0.05) is 30.9 Å². The number of carbonyl (C=O) groups excluding carboxylic acids is 1. The number of aromatic nitrogens is 3. The first kappa shape index (κ1) is 16.4. The topological polar surface area (TPSA) is 69.5 Å². The number of benzene rings is 1. The molecule has 3 aromatic rings. The first-order valence-corrected chi connectivity index (χ1v) is 8.45. The van der Waals surface area contributed by atoms with E-state index >= 15 is 0 Å². The molecule has 1 amide bonds. The standard InChI is InChI=1S/C19H20N4O3/c1-12-10-22(11-13-6-7-14(25-2)9-16(13)26-3)19(24)18-21-15-5-4-8-20-17(15)23(12)18/h4-9,12H,10-11H2,1-3H3/t12-/m0/s1. The Morgan fingerprint density at radius 2 is 2.08 bits per heavy atom. The Hall–Kier alpha value is -3.09. The van der Waals surface area contributed by atoms with Crippen molar-refractivity contribution >= 4 is 17.1 Å². The normalized spacial score (nSPS) is 16.7. The molecule has 0 saturated carbocycles. The van der Waals surface area contributed by atoms with Gasteiger partial charge in [0.05, 0.1) is 20.3 Å². The van der Waals surface area contributed by atoms with Gasteiger partial charge in [0.25, 0.3) is 5.91 Å². The Kier molecular flexibility index (Phi) is 3.99. The van der Waals surface area contributed by atoms with Crippen molar-refractivity contribution in [3.8, 4) is 11.5 Å². The summed E-state index contributed by atoms with van der Waals surface area (Å²) in [5.74, 6) is 1.76. The molecule has 1 atom stereocenters. The molecule has 7 nitrogen and oxygen atoms in total. The highest BCUT2D eigenvalue weighted by atomic mass is 16.5. The number of methoxy groups -OCH3 is 2. The van der Waals surface area contributed by atoms with Crippen LogP contribution in [0.3, 0.4) is 0 Å². The van der Waals surface area contributed by atoms with Crippen LogP contribution in [0.2, 0.25) is 0 Å². The van der Waals surface area contributed by atoms with Crippen LogP contribution in [-0.4, -0.2) is 46.1 Å². The van der Waals surface area contributed by atoms with Gasteiger partial charge in [0.1, 0.15) is 17.0 Å². The average molecular weight is 352 g/mol. The first-order chi connectivity index (χ1) is 12.6. The van der Waals surface area contributed by atoms with Crippen LogP contribution < -0.4 is 9.47 Å². The molecular weight excluding hydrogens is 332 g/mol. The number of imidazole rings is 1. The average Bonchev–Trinajstić information content (AvgIpc) is 3.06. The Bertz CT molecular complexity index is 982. The summed E-state index contributed by atoms with van der Waals surface area (Å²) in [6.07, 6.45) is 1.73. The summed E-state index contributed by atoms with van der Waals surface area (Å²) >= 11 is 0. The van der Waals surface area contributed by atoms with E-state index < -0.39 is 0 Å².